The molecule has 2 aromatic rings. The lowest BCUT2D eigenvalue weighted by Crippen LogP contribution is -2.47. The van der Waals surface area contributed by atoms with Crippen molar-refractivity contribution in [2.45, 2.75) is 17.4 Å². The van der Waals surface area contributed by atoms with Crippen molar-refractivity contribution in [3.05, 3.63) is 42.5 Å². The van der Waals surface area contributed by atoms with Crippen LogP contribution in [0.4, 0.5) is 5.69 Å². The number of nitrogens with zero attached hydrogens (tertiary/aromatic N) is 3. The van der Waals surface area contributed by atoms with Gasteiger partial charge < -0.3 is 15.2 Å². The number of rotatable bonds is 6. The zero-order valence-electron chi connectivity index (χ0n) is 15.1. The summed E-state index contributed by atoms with van der Waals surface area (Å²) in [7, 11) is 2.02. The van der Waals surface area contributed by atoms with Crippen LogP contribution in [0.5, 0.6) is 0 Å². The summed E-state index contributed by atoms with van der Waals surface area (Å²) in [5, 5.41) is 6.46. The Hall–Kier alpha value is -1.54. The second kappa shape index (κ2) is 9.97. The normalized spacial score (nSPS) is 17.5. The van der Waals surface area contributed by atoms with Crippen LogP contribution >= 0.6 is 24.2 Å². The molecule has 6 nitrogen and oxygen atoms in total. The van der Waals surface area contributed by atoms with Crippen LogP contribution in [-0.4, -0.2) is 52.8 Å². The van der Waals surface area contributed by atoms with Gasteiger partial charge in [-0.1, -0.05) is 12.1 Å². The van der Waals surface area contributed by atoms with E-state index < -0.39 is 0 Å². The molecule has 2 heterocycles. The van der Waals surface area contributed by atoms with Gasteiger partial charge in [0.15, 0.2) is 0 Å². The van der Waals surface area contributed by atoms with Crippen molar-refractivity contribution in [1.82, 2.24) is 19.8 Å². The number of hydrogen-bond acceptors (Lipinski definition) is 5. The molecule has 2 N–H and O–H groups in total. The van der Waals surface area contributed by atoms with Crippen LogP contribution in [0.2, 0.25) is 0 Å². The fourth-order valence-electron chi connectivity index (χ4n) is 3.17. The summed E-state index contributed by atoms with van der Waals surface area (Å²) in [6.45, 7) is 3.46. The van der Waals surface area contributed by atoms with Crippen molar-refractivity contribution in [3.8, 4) is 0 Å². The second-order valence-corrected chi connectivity index (χ2v) is 7.00. The Morgan fingerprint density at radius 3 is 2.96 bits per heavy atom. The number of hydrogen-bond donors (Lipinski definition) is 2. The minimum atomic E-state index is 0. The molecule has 1 unspecified atom stereocenters. The predicted octanol–water partition coefficient (Wildman–Crippen LogP) is 2.54. The number of nitrogens with one attached hydrogen (secondary N) is 2. The predicted molar refractivity (Wildman–Crippen MR) is 109 cm³/mol. The average Bonchev–Trinajstić information content (AvgIpc) is 3.06. The summed E-state index contributed by atoms with van der Waals surface area (Å²) in [5.41, 5.74) is 0.890. The number of thioether (sulfide) groups is 1. The van der Waals surface area contributed by atoms with E-state index in [0.29, 0.717) is 6.42 Å². The molecule has 0 saturated carbocycles. The van der Waals surface area contributed by atoms with Gasteiger partial charge in [0.1, 0.15) is 5.82 Å². The number of aryl methyl sites for hydroxylation is 1. The van der Waals surface area contributed by atoms with E-state index >= 15 is 0 Å². The molecule has 0 aliphatic carbocycles. The molecule has 142 valence electrons. The number of carbonyl (C=O) groups is 1. The number of anilines is 1. The van der Waals surface area contributed by atoms with E-state index in [2.05, 4.69) is 25.1 Å². The molecular formula is C18H26ClN5OS. The largest absolute Gasteiger partial charge is 0.337 e. The first-order valence-electron chi connectivity index (χ1n) is 8.54. The van der Waals surface area contributed by atoms with Crippen molar-refractivity contribution in [3.63, 3.8) is 0 Å². The van der Waals surface area contributed by atoms with Crippen LogP contribution in [0.3, 0.4) is 0 Å². The van der Waals surface area contributed by atoms with E-state index in [9.17, 15) is 4.79 Å². The Balaban J connectivity index is 0.00000243. The summed E-state index contributed by atoms with van der Waals surface area (Å²) < 4.78 is 2.06. The molecule has 1 aliphatic rings. The van der Waals surface area contributed by atoms with Gasteiger partial charge in [0.25, 0.3) is 0 Å². The van der Waals surface area contributed by atoms with Gasteiger partial charge in [-0.05, 0) is 18.4 Å². The number of carbonyl (C=O) groups excluding carboxylic acids is 1. The molecule has 0 bridgehead atoms. The number of piperazine rings is 1. The maximum absolute atomic E-state index is 12.4. The summed E-state index contributed by atoms with van der Waals surface area (Å²) in [5.74, 6) is 1.10. The van der Waals surface area contributed by atoms with Crippen molar-refractivity contribution < 1.29 is 4.79 Å². The van der Waals surface area contributed by atoms with Gasteiger partial charge in [-0.2, -0.15) is 0 Å². The van der Waals surface area contributed by atoms with Crippen LogP contribution in [0, 0.1) is 0 Å². The zero-order chi connectivity index (χ0) is 17.6. The molecule has 1 fully saturated rings. The van der Waals surface area contributed by atoms with Gasteiger partial charge in [-0.15, -0.1) is 24.2 Å². The first-order valence-corrected chi connectivity index (χ1v) is 9.76. The van der Waals surface area contributed by atoms with Crippen molar-refractivity contribution >= 4 is 35.8 Å². The van der Waals surface area contributed by atoms with Gasteiger partial charge in [0.05, 0.1) is 11.7 Å². The molecule has 1 atom stereocenters. The van der Waals surface area contributed by atoms with Crippen molar-refractivity contribution in [2.75, 3.05) is 37.8 Å². The Kier molecular flexibility index (Phi) is 7.96. The summed E-state index contributed by atoms with van der Waals surface area (Å²) >= 11 is 1.64. The van der Waals surface area contributed by atoms with Crippen molar-refractivity contribution in [2.24, 2.45) is 7.05 Å². The van der Waals surface area contributed by atoms with Gasteiger partial charge in [0.2, 0.25) is 5.91 Å². The highest BCUT2D eigenvalue weighted by atomic mass is 35.5. The smallest absolute Gasteiger partial charge is 0.225 e. The van der Waals surface area contributed by atoms with E-state index in [1.807, 2.05) is 50.0 Å². The number of halogens is 1. The molecule has 1 aromatic heterocycles. The average molecular weight is 396 g/mol. The summed E-state index contributed by atoms with van der Waals surface area (Å²) in [6, 6.07) is 8.11. The van der Waals surface area contributed by atoms with E-state index in [4.69, 9.17) is 0 Å². The van der Waals surface area contributed by atoms with Crippen LogP contribution in [0.15, 0.2) is 41.6 Å². The van der Waals surface area contributed by atoms with Crippen LogP contribution in [0.1, 0.15) is 18.3 Å². The maximum atomic E-state index is 12.4. The van der Waals surface area contributed by atoms with E-state index in [1.54, 1.807) is 11.8 Å². The third-order valence-corrected chi connectivity index (χ3v) is 5.31. The fraction of sp³-hybridized carbons (Fsp3) is 0.444. The standard InChI is InChI=1S/C18H25N5OS.ClH/c1-22-11-9-20-18(22)15-13-19-8-12-23(15)10-7-17(24)21-14-5-3-4-6-16(14)25-2;/h3-6,9,11,15,19H,7-8,10,12-13H2,1-2H3,(H,21,24);1H. The maximum Gasteiger partial charge on any atom is 0.225 e. The molecule has 26 heavy (non-hydrogen) atoms. The first-order chi connectivity index (χ1) is 12.2. The highest BCUT2D eigenvalue weighted by Crippen LogP contribution is 2.25. The summed E-state index contributed by atoms with van der Waals surface area (Å²) in [4.78, 5) is 20.3. The minimum absolute atomic E-state index is 0. The van der Waals surface area contributed by atoms with E-state index in [1.165, 1.54) is 0 Å². The first kappa shape index (κ1) is 20.8. The van der Waals surface area contributed by atoms with Crippen LogP contribution in [-0.2, 0) is 11.8 Å². The summed E-state index contributed by atoms with van der Waals surface area (Å²) in [6.07, 6.45) is 6.29. The number of benzene rings is 1. The molecule has 1 amide bonds. The number of amides is 1. The fourth-order valence-corrected chi connectivity index (χ4v) is 3.73. The van der Waals surface area contributed by atoms with Gasteiger partial charge >= 0.3 is 0 Å². The van der Waals surface area contributed by atoms with Gasteiger partial charge in [0, 0.05) is 56.9 Å². The molecule has 1 saturated heterocycles. The van der Waals surface area contributed by atoms with Crippen molar-refractivity contribution in [1.29, 1.82) is 0 Å². The van der Waals surface area contributed by atoms with Gasteiger partial charge in [-0.3, -0.25) is 9.69 Å². The Morgan fingerprint density at radius 1 is 1.42 bits per heavy atom. The Morgan fingerprint density at radius 2 is 2.23 bits per heavy atom. The van der Waals surface area contributed by atoms with Gasteiger partial charge in [-0.25, -0.2) is 4.98 Å². The monoisotopic (exact) mass is 395 g/mol. The zero-order valence-corrected chi connectivity index (χ0v) is 16.8. The lowest BCUT2D eigenvalue weighted by molar-refractivity contribution is -0.116. The number of imidazole rings is 1. The van der Waals surface area contributed by atoms with E-state index in [0.717, 1.165) is 42.6 Å². The Labute approximate surface area is 165 Å². The molecule has 1 aliphatic heterocycles. The quantitative estimate of drug-likeness (QED) is 0.736. The third kappa shape index (κ3) is 5.01. The van der Waals surface area contributed by atoms with E-state index in [-0.39, 0.29) is 24.4 Å². The number of aromatic nitrogens is 2. The molecule has 0 radical (unpaired) electrons. The molecule has 3 rings (SSSR count). The highest BCUT2D eigenvalue weighted by Gasteiger charge is 2.26. The number of para-hydroxylation sites is 1. The third-order valence-electron chi connectivity index (χ3n) is 4.52. The SMILES string of the molecule is CSc1ccccc1NC(=O)CCN1CCNCC1c1nccn1C.Cl. The molecule has 1 aromatic carbocycles. The lowest BCUT2D eigenvalue weighted by Gasteiger charge is -2.35. The van der Waals surface area contributed by atoms with Crippen LogP contribution in [0.25, 0.3) is 0 Å². The Bertz CT molecular complexity index is 723. The second-order valence-electron chi connectivity index (χ2n) is 6.15. The molecular weight excluding hydrogens is 370 g/mol. The molecule has 8 heteroatoms. The minimum Gasteiger partial charge on any atom is -0.337 e. The molecule has 0 spiro atoms. The highest BCUT2D eigenvalue weighted by molar-refractivity contribution is 7.98. The lowest BCUT2D eigenvalue weighted by atomic mass is 10.1. The van der Waals surface area contributed by atoms with Crippen LogP contribution < -0.4 is 10.6 Å². The topological polar surface area (TPSA) is 62.2 Å².